The minimum atomic E-state index is -3.92. The molecule has 4 rings (SSSR count). The fourth-order valence-electron chi connectivity index (χ4n) is 3.92. The van der Waals surface area contributed by atoms with Crippen LogP contribution in [0.4, 0.5) is 25.0 Å². The lowest BCUT2D eigenvalue weighted by Gasteiger charge is -2.32. The standard InChI is InChI=1S/C22H24F2N2O4S/c1-3-8-26-20-7-6-16(11-17(20)13(2)30-22(26)27)25-31(28,29)12-14-9-18(23)21(15-4-5-15)19(24)10-14/h6-7,9-11,13,15,25H,3-5,8,12H2,1-2H3. The maximum absolute atomic E-state index is 14.3. The summed E-state index contributed by atoms with van der Waals surface area (Å²) in [5.41, 5.74) is 1.73. The number of halogens is 2. The van der Waals surface area contributed by atoms with E-state index in [0.717, 1.165) is 31.4 Å². The van der Waals surface area contributed by atoms with Gasteiger partial charge < -0.3 is 4.74 Å². The zero-order chi connectivity index (χ0) is 22.3. The van der Waals surface area contributed by atoms with Gasteiger partial charge in [0.2, 0.25) is 10.0 Å². The second kappa shape index (κ2) is 8.11. The van der Waals surface area contributed by atoms with Crippen LogP contribution in [0.1, 0.15) is 61.8 Å². The van der Waals surface area contributed by atoms with E-state index in [0.29, 0.717) is 17.8 Å². The van der Waals surface area contributed by atoms with E-state index in [1.807, 2.05) is 6.92 Å². The number of hydrogen-bond donors (Lipinski definition) is 1. The SMILES string of the molecule is CCCN1C(=O)OC(C)c2cc(NS(=O)(=O)Cc3cc(F)c(C4CC4)c(F)c3)ccc21. The van der Waals surface area contributed by atoms with Gasteiger partial charge in [0.15, 0.2) is 0 Å². The summed E-state index contributed by atoms with van der Waals surface area (Å²) in [6, 6.07) is 7.02. The molecule has 1 heterocycles. The summed E-state index contributed by atoms with van der Waals surface area (Å²) in [7, 11) is -3.92. The number of carbonyl (C=O) groups excluding carboxylic acids is 1. The molecule has 2 aromatic rings. The number of ether oxygens (including phenoxy) is 1. The maximum Gasteiger partial charge on any atom is 0.414 e. The molecular formula is C22H24F2N2O4S. The van der Waals surface area contributed by atoms with Crippen molar-refractivity contribution in [3.63, 3.8) is 0 Å². The first-order valence-corrected chi connectivity index (χ1v) is 11.9. The van der Waals surface area contributed by atoms with E-state index in [1.54, 1.807) is 25.1 Å². The predicted molar refractivity (Wildman–Crippen MR) is 114 cm³/mol. The Kier molecular flexibility index (Phi) is 5.63. The average Bonchev–Trinajstić information content (AvgIpc) is 3.49. The highest BCUT2D eigenvalue weighted by Crippen LogP contribution is 2.43. The van der Waals surface area contributed by atoms with Crippen LogP contribution in [0.3, 0.4) is 0 Å². The summed E-state index contributed by atoms with van der Waals surface area (Å²) in [6.45, 7) is 4.14. The smallest absolute Gasteiger partial charge is 0.414 e. The lowest BCUT2D eigenvalue weighted by Crippen LogP contribution is -2.37. The van der Waals surface area contributed by atoms with Crippen molar-refractivity contribution in [3.8, 4) is 0 Å². The van der Waals surface area contributed by atoms with Crippen molar-refractivity contribution < 1.29 is 26.7 Å². The number of benzene rings is 2. The van der Waals surface area contributed by atoms with Crippen LogP contribution in [0.15, 0.2) is 30.3 Å². The van der Waals surface area contributed by atoms with E-state index in [-0.39, 0.29) is 22.7 Å². The molecule has 1 aliphatic heterocycles. The van der Waals surface area contributed by atoms with Crippen LogP contribution < -0.4 is 9.62 Å². The zero-order valence-electron chi connectivity index (χ0n) is 17.3. The van der Waals surface area contributed by atoms with Crippen LogP contribution in [0.25, 0.3) is 0 Å². The summed E-state index contributed by atoms with van der Waals surface area (Å²) in [4.78, 5) is 13.6. The van der Waals surface area contributed by atoms with Gasteiger partial charge in [0, 0.05) is 23.4 Å². The lowest BCUT2D eigenvalue weighted by molar-refractivity contribution is 0.108. The number of nitrogens with zero attached hydrogens (tertiary/aromatic N) is 1. The first-order valence-electron chi connectivity index (χ1n) is 10.3. The minimum Gasteiger partial charge on any atom is -0.441 e. The zero-order valence-corrected chi connectivity index (χ0v) is 18.1. The van der Waals surface area contributed by atoms with E-state index in [2.05, 4.69) is 4.72 Å². The van der Waals surface area contributed by atoms with Gasteiger partial charge in [0.25, 0.3) is 0 Å². The van der Waals surface area contributed by atoms with Gasteiger partial charge in [-0.25, -0.2) is 22.0 Å². The number of fused-ring (bicyclic) bond motifs is 1. The second-order valence-corrected chi connectivity index (χ2v) is 9.78. The van der Waals surface area contributed by atoms with Gasteiger partial charge in [-0.15, -0.1) is 0 Å². The average molecular weight is 451 g/mol. The van der Waals surface area contributed by atoms with Gasteiger partial charge in [-0.2, -0.15) is 0 Å². The first-order chi connectivity index (χ1) is 14.7. The van der Waals surface area contributed by atoms with Gasteiger partial charge in [0.05, 0.1) is 11.4 Å². The molecule has 166 valence electrons. The third kappa shape index (κ3) is 4.51. The Bertz CT molecular complexity index is 1110. The largest absolute Gasteiger partial charge is 0.441 e. The van der Waals surface area contributed by atoms with Crippen LogP contribution in [0, 0.1) is 11.6 Å². The first kappa shape index (κ1) is 21.5. The number of rotatable bonds is 7. The third-order valence-electron chi connectivity index (χ3n) is 5.46. The van der Waals surface area contributed by atoms with Crippen molar-refractivity contribution in [2.24, 2.45) is 0 Å². The number of cyclic esters (lactones) is 1. The molecular weight excluding hydrogens is 426 g/mol. The molecule has 31 heavy (non-hydrogen) atoms. The molecule has 2 aromatic carbocycles. The lowest BCUT2D eigenvalue weighted by atomic mass is 10.0. The fraction of sp³-hybridized carbons (Fsp3) is 0.409. The molecule has 1 saturated carbocycles. The Morgan fingerprint density at radius 3 is 2.45 bits per heavy atom. The molecule has 1 N–H and O–H groups in total. The Balaban J connectivity index is 1.55. The van der Waals surface area contributed by atoms with Crippen molar-refractivity contribution in [3.05, 3.63) is 58.7 Å². The molecule has 9 heteroatoms. The molecule has 0 bridgehead atoms. The highest BCUT2D eigenvalue weighted by molar-refractivity contribution is 7.91. The number of amides is 1. The summed E-state index contributed by atoms with van der Waals surface area (Å²) >= 11 is 0. The predicted octanol–water partition coefficient (Wildman–Crippen LogP) is 5.21. The van der Waals surface area contributed by atoms with Crippen molar-refractivity contribution in [1.82, 2.24) is 0 Å². The normalized spacial score (nSPS) is 18.5. The van der Waals surface area contributed by atoms with Crippen molar-refractivity contribution >= 4 is 27.5 Å². The van der Waals surface area contributed by atoms with Crippen molar-refractivity contribution in [2.45, 2.75) is 50.9 Å². The van der Waals surface area contributed by atoms with Crippen molar-refractivity contribution in [2.75, 3.05) is 16.2 Å². The Labute approximate surface area is 180 Å². The number of hydrogen-bond acceptors (Lipinski definition) is 4. The molecule has 1 fully saturated rings. The number of anilines is 2. The maximum atomic E-state index is 14.3. The van der Waals surface area contributed by atoms with Gasteiger partial charge in [-0.3, -0.25) is 9.62 Å². The molecule has 0 aromatic heterocycles. The molecule has 1 aliphatic carbocycles. The van der Waals surface area contributed by atoms with E-state index in [1.165, 1.54) is 4.90 Å². The quantitative estimate of drug-likeness (QED) is 0.628. The Morgan fingerprint density at radius 2 is 1.84 bits per heavy atom. The number of carbonyl (C=O) groups is 1. The number of sulfonamides is 1. The van der Waals surface area contributed by atoms with Gasteiger partial charge in [0.1, 0.15) is 17.7 Å². The molecule has 6 nitrogen and oxygen atoms in total. The summed E-state index contributed by atoms with van der Waals surface area (Å²) < 4.78 is 61.6. The second-order valence-electron chi connectivity index (χ2n) is 8.06. The topological polar surface area (TPSA) is 75.7 Å². The molecule has 1 unspecified atom stereocenters. The van der Waals surface area contributed by atoms with Gasteiger partial charge in [-0.1, -0.05) is 6.92 Å². The summed E-state index contributed by atoms with van der Waals surface area (Å²) in [5.74, 6) is -2.07. The van der Waals surface area contributed by atoms with E-state index in [4.69, 9.17) is 4.74 Å². The molecule has 2 aliphatic rings. The summed E-state index contributed by atoms with van der Waals surface area (Å²) in [5, 5.41) is 0. The van der Waals surface area contributed by atoms with Crippen molar-refractivity contribution in [1.29, 1.82) is 0 Å². The fourth-order valence-corrected chi connectivity index (χ4v) is 5.08. The minimum absolute atomic E-state index is 0.0429. The number of nitrogens with one attached hydrogen (secondary N) is 1. The monoisotopic (exact) mass is 450 g/mol. The highest BCUT2D eigenvalue weighted by atomic mass is 32.2. The summed E-state index contributed by atoms with van der Waals surface area (Å²) in [6.07, 6.45) is 1.26. The van der Waals surface area contributed by atoms with E-state index < -0.39 is 39.6 Å². The molecule has 0 spiro atoms. The van der Waals surface area contributed by atoms with E-state index >= 15 is 0 Å². The third-order valence-corrected chi connectivity index (χ3v) is 6.72. The Morgan fingerprint density at radius 1 is 1.16 bits per heavy atom. The van der Waals surface area contributed by atoms with E-state index in [9.17, 15) is 22.0 Å². The molecule has 0 saturated heterocycles. The molecule has 0 radical (unpaired) electrons. The van der Waals surface area contributed by atoms with Gasteiger partial charge >= 0.3 is 6.09 Å². The van der Waals surface area contributed by atoms with Crippen LogP contribution >= 0.6 is 0 Å². The molecule has 1 amide bonds. The van der Waals surface area contributed by atoms with Crippen LogP contribution in [0.2, 0.25) is 0 Å². The highest BCUT2D eigenvalue weighted by Gasteiger charge is 2.31. The molecule has 1 atom stereocenters. The van der Waals surface area contributed by atoms with Gasteiger partial charge in [-0.05, 0) is 68.0 Å². The Hall–Kier alpha value is -2.68. The van der Waals surface area contributed by atoms with Crippen LogP contribution in [0.5, 0.6) is 0 Å². The van der Waals surface area contributed by atoms with Crippen LogP contribution in [-0.4, -0.2) is 21.1 Å². The van der Waals surface area contributed by atoms with Crippen LogP contribution in [-0.2, 0) is 20.5 Å².